The predicted octanol–water partition coefficient (Wildman–Crippen LogP) is 3.40. The average Bonchev–Trinajstić information content (AvgIpc) is 2.41. The van der Waals surface area contributed by atoms with Crippen LogP contribution in [0.3, 0.4) is 0 Å². The number of hydrogen-bond acceptors (Lipinski definition) is 3. The Morgan fingerprint density at radius 3 is 2.45 bits per heavy atom. The van der Waals surface area contributed by atoms with Gasteiger partial charge >= 0.3 is 0 Å². The van der Waals surface area contributed by atoms with E-state index in [0.29, 0.717) is 17.9 Å². The van der Waals surface area contributed by atoms with Crippen molar-refractivity contribution in [2.75, 3.05) is 6.61 Å². The van der Waals surface area contributed by atoms with Crippen LogP contribution in [0.15, 0.2) is 42.0 Å². The van der Waals surface area contributed by atoms with Gasteiger partial charge in [0.05, 0.1) is 0 Å². The van der Waals surface area contributed by atoms with Gasteiger partial charge in [-0.3, -0.25) is 4.79 Å². The van der Waals surface area contributed by atoms with Crippen molar-refractivity contribution < 1.29 is 9.53 Å². The summed E-state index contributed by atoms with van der Waals surface area (Å²) in [6.45, 7) is 12.1. The molecule has 1 aromatic carbocycles. The Bertz CT molecular complexity index is 496. The van der Waals surface area contributed by atoms with E-state index >= 15 is 0 Å². The van der Waals surface area contributed by atoms with Gasteiger partial charge in [0.25, 0.3) is 5.91 Å². The summed E-state index contributed by atoms with van der Waals surface area (Å²) in [5, 5.41) is 4.12. The molecule has 20 heavy (non-hydrogen) atoms. The molecular formula is C16H22N2O2. The maximum absolute atomic E-state index is 11.9. The molecule has 0 heterocycles. The number of hydrogen-bond donors (Lipinski definition) is 1. The van der Waals surface area contributed by atoms with Crippen LogP contribution in [0.2, 0.25) is 0 Å². The smallest absolute Gasteiger partial charge is 0.271 e. The highest BCUT2D eigenvalue weighted by Gasteiger charge is 2.14. The Morgan fingerprint density at radius 1 is 1.35 bits per heavy atom. The van der Waals surface area contributed by atoms with Crippen LogP contribution in [0, 0.1) is 5.41 Å². The van der Waals surface area contributed by atoms with Gasteiger partial charge < -0.3 is 4.74 Å². The fraction of sp³-hybridized carbons (Fsp3) is 0.375. The molecular weight excluding hydrogens is 252 g/mol. The predicted molar refractivity (Wildman–Crippen MR) is 82.2 cm³/mol. The third kappa shape index (κ3) is 4.88. The summed E-state index contributed by atoms with van der Waals surface area (Å²) < 4.78 is 5.36. The Balaban J connectivity index is 2.67. The van der Waals surface area contributed by atoms with E-state index in [1.807, 2.05) is 27.7 Å². The van der Waals surface area contributed by atoms with Gasteiger partial charge in [0.2, 0.25) is 0 Å². The highest BCUT2D eigenvalue weighted by Crippen LogP contribution is 2.15. The molecule has 0 aromatic heterocycles. The van der Waals surface area contributed by atoms with Crippen molar-refractivity contribution in [3.63, 3.8) is 0 Å². The summed E-state index contributed by atoms with van der Waals surface area (Å²) in [4.78, 5) is 11.9. The number of carbonyl (C=O) groups is 1. The summed E-state index contributed by atoms with van der Waals surface area (Å²) in [5.41, 5.74) is 3.92. The van der Waals surface area contributed by atoms with Crippen molar-refractivity contribution in [1.29, 1.82) is 0 Å². The van der Waals surface area contributed by atoms with Crippen LogP contribution in [0.1, 0.15) is 38.1 Å². The van der Waals surface area contributed by atoms with E-state index in [1.54, 1.807) is 30.3 Å². The van der Waals surface area contributed by atoms with Gasteiger partial charge in [0, 0.05) is 16.7 Å². The first-order chi connectivity index (χ1) is 9.34. The molecule has 0 aliphatic heterocycles. The molecule has 0 aliphatic carbocycles. The minimum atomic E-state index is -0.233. The fourth-order valence-corrected chi connectivity index (χ4v) is 1.22. The van der Waals surface area contributed by atoms with Gasteiger partial charge in [-0.25, -0.2) is 5.43 Å². The van der Waals surface area contributed by atoms with Crippen LogP contribution in [-0.4, -0.2) is 18.2 Å². The number of amides is 1. The van der Waals surface area contributed by atoms with Gasteiger partial charge in [-0.2, -0.15) is 5.10 Å². The number of rotatable bonds is 5. The first kappa shape index (κ1) is 16.0. The van der Waals surface area contributed by atoms with Crippen molar-refractivity contribution in [3.8, 4) is 5.75 Å². The lowest BCUT2D eigenvalue weighted by atomic mass is 9.91. The van der Waals surface area contributed by atoms with Crippen molar-refractivity contribution >= 4 is 11.6 Å². The molecule has 0 unspecified atom stereocenters. The summed E-state index contributed by atoms with van der Waals surface area (Å²) >= 11 is 0. The van der Waals surface area contributed by atoms with Crippen LogP contribution >= 0.6 is 0 Å². The molecule has 0 spiro atoms. The highest BCUT2D eigenvalue weighted by atomic mass is 16.5. The van der Waals surface area contributed by atoms with Crippen molar-refractivity contribution in [2.24, 2.45) is 10.5 Å². The monoisotopic (exact) mass is 274 g/mol. The van der Waals surface area contributed by atoms with Gasteiger partial charge in [0.15, 0.2) is 0 Å². The molecule has 0 radical (unpaired) electrons. The van der Waals surface area contributed by atoms with Crippen LogP contribution in [0.5, 0.6) is 5.75 Å². The van der Waals surface area contributed by atoms with Gasteiger partial charge in [-0.1, -0.05) is 33.4 Å². The summed E-state index contributed by atoms with van der Waals surface area (Å²) in [6, 6.07) is 6.91. The van der Waals surface area contributed by atoms with Crippen LogP contribution in [-0.2, 0) is 0 Å². The first-order valence-electron chi connectivity index (χ1n) is 6.53. The maximum atomic E-state index is 11.9. The number of benzene rings is 1. The van der Waals surface area contributed by atoms with Crippen LogP contribution in [0.25, 0.3) is 0 Å². The molecule has 108 valence electrons. The van der Waals surface area contributed by atoms with E-state index in [-0.39, 0.29) is 11.3 Å². The Labute approximate surface area is 120 Å². The number of nitrogens with zero attached hydrogens (tertiary/aromatic N) is 1. The SMILES string of the molecule is C=CCOc1ccc(C(=O)NN=C(C)C(C)(C)C)cc1. The second-order valence-electron chi connectivity index (χ2n) is 5.51. The third-order valence-electron chi connectivity index (χ3n) is 2.89. The second-order valence-corrected chi connectivity index (χ2v) is 5.51. The average molecular weight is 274 g/mol. The Morgan fingerprint density at radius 2 is 1.95 bits per heavy atom. The molecule has 4 heteroatoms. The zero-order chi connectivity index (χ0) is 15.2. The van der Waals surface area contributed by atoms with E-state index in [9.17, 15) is 4.79 Å². The molecule has 0 atom stereocenters. The highest BCUT2D eigenvalue weighted by molar-refractivity contribution is 5.95. The summed E-state index contributed by atoms with van der Waals surface area (Å²) in [7, 11) is 0. The quantitative estimate of drug-likeness (QED) is 0.508. The van der Waals surface area contributed by atoms with Crippen LogP contribution < -0.4 is 10.2 Å². The number of hydrazone groups is 1. The second kappa shape index (κ2) is 6.89. The third-order valence-corrected chi connectivity index (χ3v) is 2.89. The maximum Gasteiger partial charge on any atom is 0.271 e. The van der Waals surface area contributed by atoms with E-state index in [2.05, 4.69) is 17.1 Å². The number of carbonyl (C=O) groups excluding carboxylic acids is 1. The van der Waals surface area contributed by atoms with E-state index in [0.717, 1.165) is 5.71 Å². The molecule has 1 aromatic rings. The lowest BCUT2D eigenvalue weighted by Crippen LogP contribution is -2.24. The van der Waals surface area contributed by atoms with Gasteiger partial charge in [0.1, 0.15) is 12.4 Å². The zero-order valence-corrected chi connectivity index (χ0v) is 12.6. The topological polar surface area (TPSA) is 50.7 Å². The van der Waals surface area contributed by atoms with Crippen molar-refractivity contribution in [3.05, 3.63) is 42.5 Å². The molecule has 1 amide bonds. The Hall–Kier alpha value is -2.10. The molecule has 1 N–H and O–H groups in total. The molecule has 0 bridgehead atoms. The van der Waals surface area contributed by atoms with E-state index in [1.165, 1.54) is 0 Å². The van der Waals surface area contributed by atoms with E-state index in [4.69, 9.17) is 4.74 Å². The minimum Gasteiger partial charge on any atom is -0.490 e. The standard InChI is InChI=1S/C16H22N2O2/c1-6-11-20-14-9-7-13(8-10-14)15(19)18-17-12(2)16(3,4)5/h6-10H,1,11H2,2-5H3,(H,18,19). The largest absolute Gasteiger partial charge is 0.490 e. The van der Waals surface area contributed by atoms with Gasteiger partial charge in [-0.05, 0) is 31.2 Å². The summed E-state index contributed by atoms with van der Waals surface area (Å²) in [5.74, 6) is 0.472. The minimum absolute atomic E-state index is 0.0599. The van der Waals surface area contributed by atoms with E-state index < -0.39 is 0 Å². The summed E-state index contributed by atoms with van der Waals surface area (Å²) in [6.07, 6.45) is 1.67. The first-order valence-corrected chi connectivity index (χ1v) is 6.53. The lowest BCUT2D eigenvalue weighted by Gasteiger charge is -2.17. The Kier molecular flexibility index (Phi) is 5.50. The molecule has 1 rings (SSSR count). The molecule has 0 fully saturated rings. The molecule has 0 aliphatic rings. The van der Waals surface area contributed by atoms with Crippen molar-refractivity contribution in [2.45, 2.75) is 27.7 Å². The van der Waals surface area contributed by atoms with Gasteiger partial charge in [-0.15, -0.1) is 0 Å². The number of ether oxygens (including phenoxy) is 1. The zero-order valence-electron chi connectivity index (χ0n) is 12.6. The van der Waals surface area contributed by atoms with Crippen molar-refractivity contribution in [1.82, 2.24) is 5.43 Å². The molecule has 0 saturated carbocycles. The number of nitrogens with one attached hydrogen (secondary N) is 1. The molecule has 0 saturated heterocycles. The van der Waals surface area contributed by atoms with Crippen LogP contribution in [0.4, 0.5) is 0 Å². The fourth-order valence-electron chi connectivity index (χ4n) is 1.22. The lowest BCUT2D eigenvalue weighted by molar-refractivity contribution is 0.0954. The normalized spacial score (nSPS) is 11.9. The molecule has 4 nitrogen and oxygen atoms in total.